The van der Waals surface area contributed by atoms with E-state index in [-0.39, 0.29) is 25.0 Å². The molecule has 3 nitrogen and oxygen atoms in total. The van der Waals surface area contributed by atoms with Crippen molar-refractivity contribution in [2.24, 2.45) is 17.8 Å². The molecule has 2 saturated carbocycles. The van der Waals surface area contributed by atoms with Gasteiger partial charge in [-0.25, -0.2) is 13.2 Å². The van der Waals surface area contributed by atoms with Crippen molar-refractivity contribution in [3.05, 3.63) is 65.0 Å². The van der Waals surface area contributed by atoms with Crippen LogP contribution in [0.5, 0.6) is 5.75 Å². The lowest BCUT2D eigenvalue weighted by Gasteiger charge is -2.38. The Labute approximate surface area is 246 Å². The smallest absolute Gasteiger partial charge is 0.400 e. The zero-order valence-corrected chi connectivity index (χ0v) is 24.4. The van der Waals surface area contributed by atoms with Crippen molar-refractivity contribution in [3.63, 3.8) is 0 Å². The molecule has 1 aliphatic heterocycles. The van der Waals surface area contributed by atoms with E-state index in [0.29, 0.717) is 42.7 Å². The van der Waals surface area contributed by atoms with E-state index in [1.807, 2.05) is 0 Å². The molecule has 2 aromatic rings. The van der Waals surface area contributed by atoms with Crippen LogP contribution in [-0.2, 0) is 9.47 Å². The van der Waals surface area contributed by atoms with Crippen molar-refractivity contribution < 1.29 is 36.2 Å². The molecule has 2 aliphatic carbocycles. The first-order valence-corrected chi connectivity index (χ1v) is 15.8. The molecule has 1 heterocycles. The number of benzene rings is 2. The normalized spacial score (nSPS) is 28.9. The first-order valence-electron chi connectivity index (χ1n) is 15.8. The van der Waals surface area contributed by atoms with Crippen LogP contribution in [0.3, 0.4) is 0 Å². The third-order valence-electron chi connectivity index (χ3n) is 9.66. The predicted octanol–water partition coefficient (Wildman–Crippen LogP) is 9.89. The number of alkyl halides is 2. The van der Waals surface area contributed by atoms with Crippen LogP contribution in [-0.4, -0.2) is 25.6 Å². The van der Waals surface area contributed by atoms with Crippen LogP contribution >= 0.6 is 0 Å². The van der Waals surface area contributed by atoms with Crippen LogP contribution in [0.15, 0.2) is 36.4 Å². The molecule has 42 heavy (non-hydrogen) atoms. The fraction of sp³-hybridized carbons (Fsp3) is 0.647. The number of unbranched alkanes of at least 4 members (excludes halogenated alkanes) is 2. The van der Waals surface area contributed by atoms with Crippen molar-refractivity contribution in [1.29, 1.82) is 0 Å². The molecule has 0 N–H and O–H groups in total. The second kappa shape index (κ2) is 14.1. The van der Waals surface area contributed by atoms with Gasteiger partial charge >= 0.3 is 6.11 Å². The molecule has 0 spiro atoms. The molecular weight excluding hydrogens is 551 g/mol. The second-order valence-corrected chi connectivity index (χ2v) is 12.6. The quantitative estimate of drug-likeness (QED) is 0.156. The van der Waals surface area contributed by atoms with Crippen molar-refractivity contribution in [2.75, 3.05) is 13.2 Å². The number of hydrogen-bond donors (Lipinski definition) is 0. The van der Waals surface area contributed by atoms with Crippen LogP contribution in [0.2, 0.25) is 0 Å². The summed E-state index contributed by atoms with van der Waals surface area (Å²) in [6.07, 6.45) is 7.26. The summed E-state index contributed by atoms with van der Waals surface area (Å²) in [5.74, 6) is -4.95. The number of rotatable bonds is 10. The highest BCUT2D eigenvalue weighted by Gasteiger charge is 2.44. The maximum atomic E-state index is 14.8. The molecule has 8 heteroatoms. The van der Waals surface area contributed by atoms with E-state index >= 15 is 0 Å². The lowest BCUT2D eigenvalue weighted by molar-refractivity contribution is -0.229. The molecule has 0 radical (unpaired) electrons. The molecule has 0 aromatic heterocycles. The van der Waals surface area contributed by atoms with Gasteiger partial charge in [-0.05, 0) is 80.8 Å². The highest BCUT2D eigenvalue weighted by Crippen LogP contribution is 2.44. The van der Waals surface area contributed by atoms with Crippen molar-refractivity contribution in [2.45, 2.75) is 108 Å². The van der Waals surface area contributed by atoms with Crippen molar-refractivity contribution in [1.82, 2.24) is 0 Å². The van der Waals surface area contributed by atoms with Gasteiger partial charge in [-0.3, -0.25) is 0 Å². The van der Waals surface area contributed by atoms with E-state index < -0.39 is 35.2 Å². The molecule has 0 unspecified atom stereocenters. The number of halogens is 5. The van der Waals surface area contributed by atoms with Gasteiger partial charge in [-0.1, -0.05) is 50.5 Å². The lowest BCUT2D eigenvalue weighted by Crippen LogP contribution is -2.38. The summed E-state index contributed by atoms with van der Waals surface area (Å²) >= 11 is 0. The molecule has 1 saturated heterocycles. The minimum atomic E-state index is -3.60. The fourth-order valence-electron chi connectivity index (χ4n) is 7.04. The summed E-state index contributed by atoms with van der Waals surface area (Å²) in [6, 6.07) is 9.56. The Kier molecular flexibility index (Phi) is 10.5. The molecule has 0 atom stereocenters. The SMILES string of the molecule is CCCCCC1COC(C2CCC(c3ccc(C4CCC(C(F)(F)Oc5cc(F)c(F)c(F)c5)CC4)cc3)CC2)OC1. The Bertz CT molecular complexity index is 1110. The Morgan fingerprint density at radius 3 is 1.81 bits per heavy atom. The highest BCUT2D eigenvalue weighted by atomic mass is 19.3. The predicted molar refractivity (Wildman–Crippen MR) is 151 cm³/mol. The average molecular weight is 595 g/mol. The van der Waals surface area contributed by atoms with Gasteiger partial charge in [0, 0.05) is 24.0 Å². The number of hydrogen-bond acceptors (Lipinski definition) is 3. The Morgan fingerprint density at radius 2 is 1.29 bits per heavy atom. The zero-order chi connectivity index (χ0) is 29.7. The first-order chi connectivity index (χ1) is 20.2. The van der Waals surface area contributed by atoms with E-state index in [1.165, 1.54) is 31.2 Å². The first kappa shape index (κ1) is 31.2. The maximum Gasteiger partial charge on any atom is 0.400 e. The molecule has 0 bridgehead atoms. The molecular formula is C34H43F5O3. The summed E-state index contributed by atoms with van der Waals surface area (Å²) in [6.45, 7) is 3.86. The Hall–Kier alpha value is -2.19. The second-order valence-electron chi connectivity index (χ2n) is 12.6. The average Bonchev–Trinajstić information content (AvgIpc) is 3.00. The van der Waals surface area contributed by atoms with Crippen LogP contribution in [0.25, 0.3) is 0 Å². The van der Waals surface area contributed by atoms with E-state index in [0.717, 1.165) is 44.5 Å². The van der Waals surface area contributed by atoms with Gasteiger partial charge in [-0.2, -0.15) is 8.78 Å². The summed E-state index contributed by atoms with van der Waals surface area (Å²) in [5, 5.41) is 0. The topological polar surface area (TPSA) is 27.7 Å². The van der Waals surface area contributed by atoms with Gasteiger partial charge in [0.05, 0.1) is 19.1 Å². The van der Waals surface area contributed by atoms with E-state index in [4.69, 9.17) is 9.47 Å². The minimum Gasteiger partial charge on any atom is -0.432 e. The third kappa shape index (κ3) is 7.65. The van der Waals surface area contributed by atoms with Crippen molar-refractivity contribution >= 4 is 0 Å². The van der Waals surface area contributed by atoms with Crippen LogP contribution < -0.4 is 4.74 Å². The van der Waals surface area contributed by atoms with Crippen LogP contribution in [0, 0.1) is 35.2 Å². The van der Waals surface area contributed by atoms with E-state index in [1.54, 1.807) is 0 Å². The summed E-state index contributed by atoms with van der Waals surface area (Å²) in [5.41, 5.74) is 2.47. The third-order valence-corrected chi connectivity index (χ3v) is 9.66. The minimum absolute atomic E-state index is 0.0679. The highest BCUT2D eigenvalue weighted by molar-refractivity contribution is 5.29. The zero-order valence-electron chi connectivity index (χ0n) is 24.4. The van der Waals surface area contributed by atoms with Gasteiger partial charge in [-0.15, -0.1) is 0 Å². The van der Waals surface area contributed by atoms with Gasteiger partial charge < -0.3 is 14.2 Å². The fourth-order valence-corrected chi connectivity index (χ4v) is 7.04. The van der Waals surface area contributed by atoms with Gasteiger partial charge in [0.15, 0.2) is 23.7 Å². The monoisotopic (exact) mass is 594 g/mol. The number of ether oxygens (including phenoxy) is 3. The maximum absolute atomic E-state index is 14.8. The molecule has 2 aromatic carbocycles. The summed E-state index contributed by atoms with van der Waals surface area (Å²) < 4.78 is 86.6. The standard InChI is InChI=1S/C34H43F5O3/c1-2-3-4-5-22-20-40-33(41-21-22)27-12-10-25(11-13-27)23-6-8-24(9-7-23)26-14-16-28(17-15-26)34(38,39)42-29-18-30(35)32(37)31(36)19-29/h6-9,18-19,22,25-28,33H,2-5,10-17,20-21H2,1H3. The lowest BCUT2D eigenvalue weighted by atomic mass is 9.76. The Balaban J connectivity index is 1.06. The van der Waals surface area contributed by atoms with Gasteiger partial charge in [0.25, 0.3) is 0 Å². The summed E-state index contributed by atoms with van der Waals surface area (Å²) in [7, 11) is 0. The van der Waals surface area contributed by atoms with Crippen molar-refractivity contribution in [3.8, 4) is 5.75 Å². The molecule has 232 valence electrons. The van der Waals surface area contributed by atoms with Crippen LogP contribution in [0.1, 0.15) is 107 Å². The Morgan fingerprint density at radius 1 is 0.762 bits per heavy atom. The molecule has 0 amide bonds. The van der Waals surface area contributed by atoms with Gasteiger partial charge in [0.1, 0.15) is 5.75 Å². The summed E-state index contributed by atoms with van der Waals surface area (Å²) in [4.78, 5) is 0. The van der Waals surface area contributed by atoms with Gasteiger partial charge in [0.2, 0.25) is 0 Å². The molecule has 3 fully saturated rings. The van der Waals surface area contributed by atoms with E-state index in [2.05, 4.69) is 35.9 Å². The molecule has 3 aliphatic rings. The molecule has 5 rings (SSSR count). The van der Waals surface area contributed by atoms with Crippen LogP contribution in [0.4, 0.5) is 22.0 Å². The largest absolute Gasteiger partial charge is 0.432 e. The van der Waals surface area contributed by atoms with E-state index in [9.17, 15) is 22.0 Å².